The highest BCUT2D eigenvalue weighted by Crippen LogP contribution is 2.32. The Morgan fingerprint density at radius 2 is 1.43 bits per heavy atom. The van der Waals surface area contributed by atoms with Gasteiger partial charge in [-0.05, 0) is 17.7 Å². The van der Waals surface area contributed by atoms with E-state index in [9.17, 15) is 14.0 Å². The fourth-order valence-corrected chi connectivity index (χ4v) is 3.27. The van der Waals surface area contributed by atoms with Gasteiger partial charge in [0.1, 0.15) is 11.4 Å². The number of rotatable bonds is 4. The Hall–Kier alpha value is -4.06. The summed E-state index contributed by atoms with van der Waals surface area (Å²) >= 11 is 0. The highest BCUT2D eigenvalue weighted by Gasteiger charge is 2.24. The molecule has 0 saturated heterocycles. The molecule has 1 amide bonds. The van der Waals surface area contributed by atoms with E-state index in [0.717, 1.165) is 10.2 Å². The molecule has 0 bridgehead atoms. The smallest absolute Gasteiger partial charge is 0.280 e. The van der Waals surface area contributed by atoms with Crippen LogP contribution in [0.3, 0.4) is 0 Å². The number of nitrogens with zero attached hydrogens (tertiary/aromatic N) is 2. The molecule has 0 aliphatic heterocycles. The van der Waals surface area contributed by atoms with Crippen LogP contribution in [0.25, 0.3) is 22.4 Å². The summed E-state index contributed by atoms with van der Waals surface area (Å²) in [5, 5.41) is 6.97. The Morgan fingerprint density at radius 1 is 0.867 bits per heavy atom. The van der Waals surface area contributed by atoms with Gasteiger partial charge in [-0.15, -0.1) is 0 Å². The fourth-order valence-electron chi connectivity index (χ4n) is 3.27. The van der Waals surface area contributed by atoms with Gasteiger partial charge in [0.25, 0.3) is 11.5 Å². The normalized spacial score (nSPS) is 10.6. The molecular weight excluding hydrogens is 381 g/mol. The topological polar surface area (TPSA) is 64.0 Å². The van der Waals surface area contributed by atoms with Crippen molar-refractivity contribution in [3.05, 3.63) is 107 Å². The van der Waals surface area contributed by atoms with E-state index in [4.69, 9.17) is 0 Å². The van der Waals surface area contributed by atoms with E-state index in [2.05, 4.69) is 10.4 Å². The van der Waals surface area contributed by atoms with Crippen LogP contribution in [0, 0.1) is 5.82 Å². The molecule has 5 nitrogen and oxygen atoms in total. The predicted octanol–water partition coefficient (Wildman–Crippen LogP) is 4.51. The van der Waals surface area contributed by atoms with Crippen molar-refractivity contribution in [2.75, 3.05) is 5.32 Å². The zero-order valence-corrected chi connectivity index (χ0v) is 16.2. The van der Waals surface area contributed by atoms with Gasteiger partial charge in [0.2, 0.25) is 0 Å². The summed E-state index contributed by atoms with van der Waals surface area (Å²) in [5.41, 5.74) is 1.65. The van der Waals surface area contributed by atoms with Gasteiger partial charge in [0.05, 0.1) is 11.4 Å². The van der Waals surface area contributed by atoms with Crippen LogP contribution < -0.4 is 10.9 Å². The van der Waals surface area contributed by atoms with Crippen molar-refractivity contribution in [3.8, 4) is 22.4 Å². The maximum absolute atomic E-state index is 14.1. The van der Waals surface area contributed by atoms with Gasteiger partial charge in [-0.2, -0.15) is 5.10 Å². The first-order valence-electron chi connectivity index (χ1n) is 9.34. The number of hydrogen-bond acceptors (Lipinski definition) is 3. The number of para-hydroxylation sites is 1. The number of carbonyl (C=O) groups excluding carboxylic acids is 1. The zero-order valence-electron chi connectivity index (χ0n) is 16.2. The Kier molecular flexibility index (Phi) is 5.22. The van der Waals surface area contributed by atoms with E-state index in [1.54, 1.807) is 6.07 Å². The highest BCUT2D eigenvalue weighted by atomic mass is 19.1. The van der Waals surface area contributed by atoms with Crippen molar-refractivity contribution >= 4 is 11.6 Å². The Bertz CT molecular complexity index is 1270. The third-order valence-corrected chi connectivity index (χ3v) is 4.70. The number of aromatic nitrogens is 2. The summed E-state index contributed by atoms with van der Waals surface area (Å²) in [5.74, 6) is -1.28. The van der Waals surface area contributed by atoms with Gasteiger partial charge in [-0.1, -0.05) is 72.8 Å². The summed E-state index contributed by atoms with van der Waals surface area (Å²) < 4.78 is 15.2. The molecule has 30 heavy (non-hydrogen) atoms. The molecule has 4 rings (SSSR count). The first-order chi connectivity index (χ1) is 14.6. The lowest BCUT2D eigenvalue weighted by Gasteiger charge is -2.16. The zero-order chi connectivity index (χ0) is 21.1. The molecule has 3 aromatic carbocycles. The molecule has 1 aromatic heterocycles. The predicted molar refractivity (Wildman–Crippen MR) is 115 cm³/mol. The van der Waals surface area contributed by atoms with Crippen LogP contribution in [-0.4, -0.2) is 15.7 Å². The average Bonchev–Trinajstić information content (AvgIpc) is 2.78. The summed E-state index contributed by atoms with van der Waals surface area (Å²) in [6, 6.07) is 24.2. The molecule has 0 radical (unpaired) electrons. The number of nitrogens with one attached hydrogen (secondary N) is 1. The molecule has 148 valence electrons. The van der Waals surface area contributed by atoms with E-state index in [-0.39, 0.29) is 11.3 Å². The number of amides is 1. The highest BCUT2D eigenvalue weighted by molar-refractivity contribution is 6.10. The van der Waals surface area contributed by atoms with Crippen LogP contribution >= 0.6 is 0 Å². The number of anilines is 1. The first kappa shape index (κ1) is 19.3. The first-order valence-corrected chi connectivity index (χ1v) is 9.34. The minimum atomic E-state index is -0.695. The number of halogens is 1. The summed E-state index contributed by atoms with van der Waals surface area (Å²) in [7, 11) is 1.49. The van der Waals surface area contributed by atoms with Crippen LogP contribution in [0.4, 0.5) is 10.1 Å². The second kappa shape index (κ2) is 8.13. The molecule has 0 aliphatic carbocycles. The third kappa shape index (κ3) is 3.63. The van der Waals surface area contributed by atoms with Crippen molar-refractivity contribution in [2.24, 2.45) is 7.05 Å². The van der Waals surface area contributed by atoms with E-state index in [1.165, 1.54) is 25.2 Å². The van der Waals surface area contributed by atoms with Gasteiger partial charge >= 0.3 is 0 Å². The lowest BCUT2D eigenvalue weighted by molar-refractivity contribution is 0.102. The Morgan fingerprint density at radius 3 is 2.07 bits per heavy atom. The molecule has 6 heteroatoms. The Balaban J connectivity index is 1.97. The quantitative estimate of drug-likeness (QED) is 0.549. The molecule has 0 atom stereocenters. The van der Waals surface area contributed by atoms with Crippen LogP contribution in [0.5, 0.6) is 0 Å². The maximum Gasteiger partial charge on any atom is 0.280 e. The maximum atomic E-state index is 14.1. The minimum Gasteiger partial charge on any atom is -0.319 e. The summed E-state index contributed by atoms with van der Waals surface area (Å²) in [6.45, 7) is 0. The lowest BCUT2D eigenvalue weighted by atomic mass is 9.95. The molecule has 0 aliphatic rings. The van der Waals surface area contributed by atoms with Crippen molar-refractivity contribution in [3.63, 3.8) is 0 Å². The molecule has 1 heterocycles. The van der Waals surface area contributed by atoms with Crippen LogP contribution in [0.2, 0.25) is 0 Å². The summed E-state index contributed by atoms with van der Waals surface area (Å²) in [4.78, 5) is 26.2. The van der Waals surface area contributed by atoms with E-state index < -0.39 is 17.3 Å². The van der Waals surface area contributed by atoms with Gasteiger partial charge in [-0.3, -0.25) is 9.59 Å². The molecule has 0 saturated carbocycles. The fraction of sp³-hybridized carbons (Fsp3) is 0.0417. The third-order valence-electron chi connectivity index (χ3n) is 4.70. The molecular formula is C24H18FN3O2. The average molecular weight is 399 g/mol. The van der Waals surface area contributed by atoms with Crippen LogP contribution in [0.15, 0.2) is 89.7 Å². The monoisotopic (exact) mass is 399 g/mol. The number of aryl methyl sites for hydroxylation is 1. The second-order valence-electron chi connectivity index (χ2n) is 6.69. The van der Waals surface area contributed by atoms with Crippen molar-refractivity contribution < 1.29 is 9.18 Å². The van der Waals surface area contributed by atoms with Crippen LogP contribution in [0.1, 0.15) is 10.4 Å². The Labute approximate surface area is 172 Å². The standard InChI is InChI=1S/C24H18FN3O2/c1-28-24(30)21(23(29)26-19-15-9-8-14-18(19)25)20(16-10-4-2-5-11-16)22(27-28)17-12-6-3-7-13-17/h2-15H,1H3,(H,26,29). The van der Waals surface area contributed by atoms with Crippen LogP contribution in [-0.2, 0) is 7.05 Å². The SMILES string of the molecule is Cn1nc(-c2ccccc2)c(-c2ccccc2)c(C(=O)Nc2ccccc2F)c1=O. The lowest BCUT2D eigenvalue weighted by Crippen LogP contribution is -2.31. The number of benzene rings is 3. The van der Waals surface area contributed by atoms with E-state index in [1.807, 2.05) is 60.7 Å². The van der Waals surface area contributed by atoms with Crippen molar-refractivity contribution in [2.45, 2.75) is 0 Å². The van der Waals surface area contributed by atoms with Crippen molar-refractivity contribution in [1.29, 1.82) is 0 Å². The van der Waals surface area contributed by atoms with E-state index >= 15 is 0 Å². The van der Waals surface area contributed by atoms with Gasteiger partial charge in [0.15, 0.2) is 0 Å². The van der Waals surface area contributed by atoms with Crippen molar-refractivity contribution in [1.82, 2.24) is 9.78 Å². The van der Waals surface area contributed by atoms with Gasteiger partial charge in [0, 0.05) is 18.2 Å². The summed E-state index contributed by atoms with van der Waals surface area (Å²) in [6.07, 6.45) is 0. The van der Waals surface area contributed by atoms with Gasteiger partial charge in [-0.25, -0.2) is 9.07 Å². The molecule has 1 N–H and O–H groups in total. The molecule has 0 unspecified atom stereocenters. The van der Waals surface area contributed by atoms with Gasteiger partial charge < -0.3 is 5.32 Å². The second-order valence-corrected chi connectivity index (χ2v) is 6.69. The van der Waals surface area contributed by atoms with E-state index in [0.29, 0.717) is 16.8 Å². The molecule has 0 fully saturated rings. The number of carbonyl (C=O) groups is 1. The largest absolute Gasteiger partial charge is 0.319 e. The minimum absolute atomic E-state index is 0.00152. The molecule has 4 aromatic rings. The number of hydrogen-bond donors (Lipinski definition) is 1. The molecule has 0 spiro atoms.